The van der Waals surface area contributed by atoms with Gasteiger partial charge in [0.2, 0.25) is 0 Å². The summed E-state index contributed by atoms with van der Waals surface area (Å²) >= 11 is 0. The Morgan fingerprint density at radius 3 is 2.79 bits per heavy atom. The molecule has 0 aliphatic rings. The standard InChI is InChI=1S/C15H24N4/c1-4-16-10-11-19(5-2)12-14-13-8-6-7-9-15(13)18(3)17-14/h6-9,16H,4-5,10-12H2,1-3H3. The molecule has 0 fully saturated rings. The molecule has 2 rings (SSSR count). The van der Waals surface area contributed by atoms with Gasteiger partial charge in [-0.2, -0.15) is 5.10 Å². The Balaban J connectivity index is 2.11. The molecule has 1 heterocycles. The molecule has 1 N–H and O–H groups in total. The number of aromatic nitrogens is 2. The minimum atomic E-state index is 0.920. The summed E-state index contributed by atoms with van der Waals surface area (Å²) in [5.41, 5.74) is 2.39. The molecule has 0 aliphatic carbocycles. The molecule has 0 aliphatic heterocycles. The van der Waals surface area contributed by atoms with E-state index in [1.807, 2.05) is 11.7 Å². The molecule has 0 spiro atoms. The fourth-order valence-electron chi connectivity index (χ4n) is 2.38. The van der Waals surface area contributed by atoms with E-state index in [0.717, 1.165) is 32.7 Å². The fourth-order valence-corrected chi connectivity index (χ4v) is 2.38. The van der Waals surface area contributed by atoms with Gasteiger partial charge in [0.05, 0.1) is 11.2 Å². The Morgan fingerprint density at radius 2 is 2.05 bits per heavy atom. The summed E-state index contributed by atoms with van der Waals surface area (Å²) in [7, 11) is 2.01. The Labute approximate surface area is 115 Å². The number of likely N-dealkylation sites (N-methyl/N-ethyl adjacent to an activating group) is 2. The summed E-state index contributed by atoms with van der Waals surface area (Å²) < 4.78 is 1.97. The molecule has 0 unspecified atom stereocenters. The van der Waals surface area contributed by atoms with Crippen LogP contribution >= 0.6 is 0 Å². The molecule has 0 radical (unpaired) electrons. The normalized spacial score (nSPS) is 11.6. The average molecular weight is 260 g/mol. The fraction of sp³-hybridized carbons (Fsp3) is 0.533. The molecule has 0 amide bonds. The summed E-state index contributed by atoms with van der Waals surface area (Å²) in [6.07, 6.45) is 0. The summed E-state index contributed by atoms with van der Waals surface area (Å²) in [6, 6.07) is 8.44. The van der Waals surface area contributed by atoms with Crippen molar-refractivity contribution >= 4 is 10.9 Å². The molecular formula is C15H24N4. The van der Waals surface area contributed by atoms with Crippen molar-refractivity contribution in [3.8, 4) is 0 Å². The first kappa shape index (κ1) is 14.0. The zero-order chi connectivity index (χ0) is 13.7. The van der Waals surface area contributed by atoms with E-state index < -0.39 is 0 Å². The van der Waals surface area contributed by atoms with Crippen molar-refractivity contribution in [2.45, 2.75) is 20.4 Å². The van der Waals surface area contributed by atoms with Crippen LogP contribution in [0.2, 0.25) is 0 Å². The van der Waals surface area contributed by atoms with Crippen molar-refractivity contribution in [2.24, 2.45) is 7.05 Å². The highest BCUT2D eigenvalue weighted by atomic mass is 15.3. The van der Waals surface area contributed by atoms with Crippen molar-refractivity contribution in [3.05, 3.63) is 30.0 Å². The van der Waals surface area contributed by atoms with Gasteiger partial charge in [0.25, 0.3) is 0 Å². The number of para-hydroxylation sites is 1. The number of nitrogens with zero attached hydrogens (tertiary/aromatic N) is 3. The van der Waals surface area contributed by atoms with Crippen molar-refractivity contribution in [1.82, 2.24) is 20.0 Å². The van der Waals surface area contributed by atoms with E-state index >= 15 is 0 Å². The summed E-state index contributed by atoms with van der Waals surface area (Å²) in [5, 5.41) is 9.30. The third-order valence-electron chi connectivity index (χ3n) is 3.51. The number of hydrogen-bond donors (Lipinski definition) is 1. The Bertz CT molecular complexity index is 518. The lowest BCUT2D eigenvalue weighted by molar-refractivity contribution is 0.277. The van der Waals surface area contributed by atoms with Crippen LogP contribution in [-0.4, -0.2) is 40.9 Å². The smallest absolute Gasteiger partial charge is 0.0843 e. The zero-order valence-electron chi connectivity index (χ0n) is 12.2. The zero-order valence-corrected chi connectivity index (χ0v) is 12.2. The Kier molecular flexibility index (Phi) is 4.93. The van der Waals surface area contributed by atoms with Crippen molar-refractivity contribution in [2.75, 3.05) is 26.2 Å². The lowest BCUT2D eigenvalue weighted by Crippen LogP contribution is -2.31. The van der Waals surface area contributed by atoms with E-state index in [1.165, 1.54) is 16.6 Å². The van der Waals surface area contributed by atoms with Crippen LogP contribution in [0.5, 0.6) is 0 Å². The molecule has 4 heteroatoms. The highest BCUT2D eigenvalue weighted by molar-refractivity contribution is 5.81. The summed E-state index contributed by atoms with van der Waals surface area (Å²) in [5.74, 6) is 0. The first-order valence-corrected chi connectivity index (χ1v) is 7.10. The molecule has 104 valence electrons. The first-order chi connectivity index (χ1) is 9.26. The van der Waals surface area contributed by atoms with Crippen LogP contribution in [-0.2, 0) is 13.6 Å². The van der Waals surface area contributed by atoms with E-state index in [0.29, 0.717) is 0 Å². The van der Waals surface area contributed by atoms with E-state index in [2.05, 4.69) is 53.4 Å². The lowest BCUT2D eigenvalue weighted by Gasteiger charge is -2.19. The minimum Gasteiger partial charge on any atom is -0.316 e. The maximum absolute atomic E-state index is 4.66. The van der Waals surface area contributed by atoms with Gasteiger partial charge >= 0.3 is 0 Å². The molecule has 1 aromatic heterocycles. The van der Waals surface area contributed by atoms with Crippen molar-refractivity contribution in [3.63, 3.8) is 0 Å². The second-order valence-corrected chi connectivity index (χ2v) is 4.81. The molecule has 2 aromatic rings. The van der Waals surface area contributed by atoms with Crippen molar-refractivity contribution < 1.29 is 0 Å². The predicted octanol–water partition coefficient (Wildman–Crippen LogP) is 2.00. The van der Waals surface area contributed by atoms with Gasteiger partial charge in [0.15, 0.2) is 0 Å². The summed E-state index contributed by atoms with van der Waals surface area (Å²) in [4.78, 5) is 2.43. The maximum Gasteiger partial charge on any atom is 0.0843 e. The number of benzene rings is 1. The lowest BCUT2D eigenvalue weighted by atomic mass is 10.2. The minimum absolute atomic E-state index is 0.920. The van der Waals surface area contributed by atoms with E-state index in [1.54, 1.807) is 0 Å². The van der Waals surface area contributed by atoms with Gasteiger partial charge in [-0.15, -0.1) is 0 Å². The monoisotopic (exact) mass is 260 g/mol. The predicted molar refractivity (Wildman–Crippen MR) is 80.2 cm³/mol. The van der Waals surface area contributed by atoms with Crippen LogP contribution in [0.4, 0.5) is 0 Å². The Hall–Kier alpha value is -1.39. The third kappa shape index (κ3) is 3.33. The van der Waals surface area contributed by atoms with E-state index in [-0.39, 0.29) is 0 Å². The quantitative estimate of drug-likeness (QED) is 0.773. The van der Waals surface area contributed by atoms with Gasteiger partial charge in [0.1, 0.15) is 0 Å². The topological polar surface area (TPSA) is 33.1 Å². The average Bonchev–Trinajstić information content (AvgIpc) is 2.75. The van der Waals surface area contributed by atoms with Gasteiger partial charge in [-0.3, -0.25) is 9.58 Å². The molecule has 4 nitrogen and oxygen atoms in total. The number of nitrogens with one attached hydrogen (secondary N) is 1. The molecule has 1 aromatic carbocycles. The van der Waals surface area contributed by atoms with Crippen molar-refractivity contribution in [1.29, 1.82) is 0 Å². The molecule has 0 saturated heterocycles. The third-order valence-corrected chi connectivity index (χ3v) is 3.51. The largest absolute Gasteiger partial charge is 0.316 e. The van der Waals surface area contributed by atoms with Crippen LogP contribution < -0.4 is 5.32 Å². The first-order valence-electron chi connectivity index (χ1n) is 7.10. The van der Waals surface area contributed by atoms with Crippen LogP contribution in [0.3, 0.4) is 0 Å². The van der Waals surface area contributed by atoms with Gasteiger partial charge in [-0.05, 0) is 19.2 Å². The molecule has 0 bridgehead atoms. The second kappa shape index (κ2) is 6.68. The van der Waals surface area contributed by atoms with Crippen LogP contribution in [0.25, 0.3) is 10.9 Å². The number of fused-ring (bicyclic) bond motifs is 1. The van der Waals surface area contributed by atoms with Crippen LogP contribution in [0.15, 0.2) is 24.3 Å². The van der Waals surface area contributed by atoms with Gasteiger partial charge in [-0.25, -0.2) is 0 Å². The van der Waals surface area contributed by atoms with E-state index in [9.17, 15) is 0 Å². The van der Waals surface area contributed by atoms with Gasteiger partial charge in [-0.1, -0.05) is 32.0 Å². The molecular weight excluding hydrogens is 236 g/mol. The van der Waals surface area contributed by atoms with Crippen LogP contribution in [0.1, 0.15) is 19.5 Å². The maximum atomic E-state index is 4.66. The van der Waals surface area contributed by atoms with E-state index in [4.69, 9.17) is 0 Å². The number of aryl methyl sites for hydroxylation is 1. The van der Waals surface area contributed by atoms with Gasteiger partial charge in [0, 0.05) is 32.1 Å². The molecule has 0 saturated carbocycles. The van der Waals surface area contributed by atoms with Crippen LogP contribution in [0, 0.1) is 0 Å². The Morgan fingerprint density at radius 1 is 1.26 bits per heavy atom. The highest BCUT2D eigenvalue weighted by Gasteiger charge is 2.11. The summed E-state index contributed by atoms with van der Waals surface area (Å²) in [6.45, 7) is 9.45. The number of hydrogen-bond acceptors (Lipinski definition) is 3. The molecule has 19 heavy (non-hydrogen) atoms. The molecule has 0 atom stereocenters. The SMILES string of the molecule is CCNCCN(CC)Cc1nn(C)c2ccccc12. The second-order valence-electron chi connectivity index (χ2n) is 4.81. The van der Waals surface area contributed by atoms with Gasteiger partial charge < -0.3 is 5.32 Å². The number of rotatable bonds is 7. The highest BCUT2D eigenvalue weighted by Crippen LogP contribution is 2.18.